The lowest BCUT2D eigenvalue weighted by Crippen LogP contribution is -2.49. The van der Waals surface area contributed by atoms with Crippen molar-refractivity contribution in [1.82, 2.24) is 35.5 Å². The standard InChI is InChI=1S/C26H25N7O4/c1-26(15-14-17-8-4-2-5-9-17)24(36)33(25(37)30-26)31-21(34)13-12-20-28-22-19(23(35)29-20)16-27-32(22)18-10-6-3-7-11-18/h2-11,16H,12-15H2,1H3,(H,30,37)(H,31,34)(H,28,29,35)/t26-/m0/s1. The van der Waals surface area contributed by atoms with Gasteiger partial charge in [-0.3, -0.25) is 19.8 Å². The maximum absolute atomic E-state index is 13.0. The van der Waals surface area contributed by atoms with E-state index in [1.807, 2.05) is 60.7 Å². The number of urea groups is 1. The first-order valence-corrected chi connectivity index (χ1v) is 11.9. The van der Waals surface area contributed by atoms with Crippen molar-refractivity contribution < 1.29 is 14.4 Å². The monoisotopic (exact) mass is 499 g/mol. The van der Waals surface area contributed by atoms with E-state index in [0.717, 1.165) is 16.3 Å². The van der Waals surface area contributed by atoms with Crippen molar-refractivity contribution in [2.45, 2.75) is 38.1 Å². The summed E-state index contributed by atoms with van der Waals surface area (Å²) >= 11 is 0. The number of rotatable bonds is 8. The normalized spacial score (nSPS) is 17.3. The maximum Gasteiger partial charge on any atom is 0.344 e. The fraction of sp³-hybridized carbons (Fsp3) is 0.231. The van der Waals surface area contributed by atoms with Gasteiger partial charge in [-0.2, -0.15) is 10.1 Å². The summed E-state index contributed by atoms with van der Waals surface area (Å²) < 4.78 is 1.55. The van der Waals surface area contributed by atoms with Crippen LogP contribution in [0.25, 0.3) is 16.7 Å². The molecule has 0 unspecified atom stereocenters. The fourth-order valence-corrected chi connectivity index (χ4v) is 4.25. The van der Waals surface area contributed by atoms with Crippen LogP contribution in [-0.2, 0) is 22.4 Å². The van der Waals surface area contributed by atoms with Gasteiger partial charge in [0.05, 0.1) is 11.9 Å². The van der Waals surface area contributed by atoms with Gasteiger partial charge in [0.15, 0.2) is 5.65 Å². The van der Waals surface area contributed by atoms with Gasteiger partial charge in [0, 0.05) is 12.8 Å². The third-order valence-corrected chi connectivity index (χ3v) is 6.33. The molecule has 0 saturated carbocycles. The van der Waals surface area contributed by atoms with Gasteiger partial charge in [-0.25, -0.2) is 14.5 Å². The fourth-order valence-electron chi connectivity index (χ4n) is 4.25. The predicted octanol–water partition coefficient (Wildman–Crippen LogP) is 2.02. The van der Waals surface area contributed by atoms with E-state index < -0.39 is 23.4 Å². The minimum atomic E-state index is -1.13. The van der Waals surface area contributed by atoms with Gasteiger partial charge in [-0.1, -0.05) is 48.5 Å². The van der Waals surface area contributed by atoms with Crippen LogP contribution < -0.4 is 16.3 Å². The largest absolute Gasteiger partial charge is 0.344 e. The summed E-state index contributed by atoms with van der Waals surface area (Å²) in [5.41, 5.74) is 3.04. The Morgan fingerprint density at radius 2 is 1.70 bits per heavy atom. The Hall–Kier alpha value is -4.80. The van der Waals surface area contributed by atoms with E-state index >= 15 is 0 Å². The van der Waals surface area contributed by atoms with Crippen molar-refractivity contribution in [2.24, 2.45) is 0 Å². The lowest BCUT2D eigenvalue weighted by molar-refractivity contribution is -0.138. The molecule has 3 N–H and O–H groups in total. The minimum Gasteiger partial charge on any atom is -0.322 e. The lowest BCUT2D eigenvalue weighted by Gasteiger charge is -2.21. The molecule has 1 aliphatic heterocycles. The third kappa shape index (κ3) is 4.83. The van der Waals surface area contributed by atoms with Gasteiger partial charge in [0.1, 0.15) is 16.7 Å². The second kappa shape index (κ2) is 9.69. The van der Waals surface area contributed by atoms with Crippen LogP contribution in [0.3, 0.4) is 0 Å². The molecule has 1 fully saturated rings. The first kappa shape index (κ1) is 23.9. The van der Waals surface area contributed by atoms with Crippen molar-refractivity contribution in [3.63, 3.8) is 0 Å². The summed E-state index contributed by atoms with van der Waals surface area (Å²) in [4.78, 5) is 57.7. The number of nitrogens with one attached hydrogen (secondary N) is 3. The summed E-state index contributed by atoms with van der Waals surface area (Å²) in [5, 5.41) is 7.99. The molecule has 0 spiro atoms. The Kier molecular flexibility index (Phi) is 6.26. The second-order valence-corrected chi connectivity index (χ2v) is 9.07. The van der Waals surface area contributed by atoms with E-state index in [4.69, 9.17) is 0 Å². The maximum atomic E-state index is 13.0. The number of para-hydroxylation sites is 1. The molecule has 2 aromatic carbocycles. The number of fused-ring (bicyclic) bond motifs is 1. The molecule has 4 aromatic rings. The topological polar surface area (TPSA) is 142 Å². The zero-order valence-corrected chi connectivity index (χ0v) is 20.1. The number of imide groups is 1. The van der Waals surface area contributed by atoms with Crippen LogP contribution in [0.5, 0.6) is 0 Å². The smallest absolute Gasteiger partial charge is 0.322 e. The molecule has 1 atom stereocenters. The van der Waals surface area contributed by atoms with Crippen LogP contribution in [0.4, 0.5) is 4.79 Å². The van der Waals surface area contributed by atoms with E-state index in [2.05, 4.69) is 25.8 Å². The van der Waals surface area contributed by atoms with Crippen molar-refractivity contribution in [2.75, 3.05) is 0 Å². The van der Waals surface area contributed by atoms with Crippen molar-refractivity contribution in [3.8, 4) is 5.69 Å². The summed E-state index contributed by atoms with van der Waals surface area (Å²) in [7, 11) is 0. The van der Waals surface area contributed by atoms with Gasteiger partial charge < -0.3 is 10.3 Å². The Bertz CT molecular complexity index is 1530. The van der Waals surface area contributed by atoms with Gasteiger partial charge in [0.25, 0.3) is 11.5 Å². The molecule has 37 heavy (non-hydrogen) atoms. The number of aromatic nitrogens is 4. The number of hydrogen-bond donors (Lipinski definition) is 3. The van der Waals surface area contributed by atoms with Crippen LogP contribution in [0, 0.1) is 0 Å². The van der Waals surface area contributed by atoms with Gasteiger partial charge in [-0.05, 0) is 37.5 Å². The van der Waals surface area contributed by atoms with Crippen LogP contribution in [-0.4, -0.2) is 48.1 Å². The van der Waals surface area contributed by atoms with Gasteiger partial charge in [0.2, 0.25) is 5.91 Å². The highest BCUT2D eigenvalue weighted by atomic mass is 16.2. The highest BCUT2D eigenvalue weighted by Gasteiger charge is 2.48. The molecule has 11 nitrogen and oxygen atoms in total. The van der Waals surface area contributed by atoms with Gasteiger partial charge >= 0.3 is 6.03 Å². The molecule has 0 bridgehead atoms. The zero-order chi connectivity index (χ0) is 26.0. The molecule has 0 radical (unpaired) electrons. The number of hydrazine groups is 1. The predicted molar refractivity (Wildman–Crippen MR) is 134 cm³/mol. The first-order chi connectivity index (χ1) is 17.8. The van der Waals surface area contributed by atoms with Crippen molar-refractivity contribution in [1.29, 1.82) is 0 Å². The van der Waals surface area contributed by atoms with E-state index in [1.165, 1.54) is 6.20 Å². The number of aromatic amines is 1. The quantitative estimate of drug-likeness (QED) is 0.317. The minimum absolute atomic E-state index is 0.0892. The molecular weight excluding hydrogens is 474 g/mol. The van der Waals surface area contributed by atoms with E-state index in [-0.39, 0.29) is 24.2 Å². The molecule has 1 aliphatic rings. The van der Waals surface area contributed by atoms with Crippen LogP contribution >= 0.6 is 0 Å². The molecule has 3 heterocycles. The molecule has 5 rings (SSSR count). The highest BCUT2D eigenvalue weighted by molar-refractivity contribution is 6.07. The molecular formula is C26H25N7O4. The average Bonchev–Trinajstić information content (AvgIpc) is 3.43. The Balaban J connectivity index is 1.24. The van der Waals surface area contributed by atoms with Gasteiger partial charge in [-0.15, -0.1) is 0 Å². The zero-order valence-electron chi connectivity index (χ0n) is 20.1. The number of carbonyl (C=O) groups is 3. The Labute approximate surface area is 211 Å². The summed E-state index contributed by atoms with van der Waals surface area (Å²) in [5.74, 6) is -0.799. The summed E-state index contributed by atoms with van der Waals surface area (Å²) in [6.07, 6.45) is 2.40. The molecule has 0 aliphatic carbocycles. The molecule has 4 amide bonds. The molecule has 1 saturated heterocycles. The first-order valence-electron chi connectivity index (χ1n) is 11.9. The Morgan fingerprint density at radius 1 is 1.00 bits per heavy atom. The summed E-state index contributed by atoms with van der Waals surface area (Å²) in [6.45, 7) is 1.64. The van der Waals surface area contributed by atoms with E-state index in [1.54, 1.807) is 11.6 Å². The third-order valence-electron chi connectivity index (χ3n) is 6.33. The Morgan fingerprint density at radius 3 is 2.43 bits per heavy atom. The number of carbonyl (C=O) groups excluding carboxylic acids is 3. The number of hydrogen-bond acceptors (Lipinski definition) is 6. The lowest BCUT2D eigenvalue weighted by atomic mass is 9.93. The molecule has 2 aromatic heterocycles. The average molecular weight is 500 g/mol. The molecule has 11 heteroatoms. The number of amides is 4. The highest BCUT2D eigenvalue weighted by Crippen LogP contribution is 2.22. The van der Waals surface area contributed by atoms with Crippen LogP contribution in [0.15, 0.2) is 71.7 Å². The number of nitrogens with zero attached hydrogens (tertiary/aromatic N) is 4. The van der Waals surface area contributed by atoms with Crippen LogP contribution in [0.2, 0.25) is 0 Å². The van der Waals surface area contributed by atoms with E-state index in [9.17, 15) is 19.2 Å². The number of aryl methyl sites for hydroxylation is 2. The number of benzene rings is 2. The number of H-pyrrole nitrogens is 1. The molecule has 188 valence electrons. The van der Waals surface area contributed by atoms with E-state index in [0.29, 0.717) is 23.9 Å². The second-order valence-electron chi connectivity index (χ2n) is 9.07. The van der Waals surface area contributed by atoms with Crippen LogP contribution in [0.1, 0.15) is 31.2 Å². The van der Waals surface area contributed by atoms with Crippen molar-refractivity contribution in [3.05, 3.63) is 88.6 Å². The SMILES string of the molecule is C[C@@]1(CCc2ccccc2)NC(=O)N(NC(=O)CCc2nc3c(cnn3-c3ccccc3)c(=O)[nH]2)C1=O. The summed E-state index contributed by atoms with van der Waals surface area (Å²) in [6, 6.07) is 18.2. The van der Waals surface area contributed by atoms with Crippen molar-refractivity contribution >= 4 is 28.9 Å².